The summed E-state index contributed by atoms with van der Waals surface area (Å²) < 4.78 is 18.8. The van der Waals surface area contributed by atoms with Crippen LogP contribution in [0.25, 0.3) is 0 Å². The molecule has 0 spiro atoms. The quantitative estimate of drug-likeness (QED) is 0.756. The van der Waals surface area contributed by atoms with Gasteiger partial charge in [-0.1, -0.05) is 24.6 Å². The third-order valence-corrected chi connectivity index (χ3v) is 2.96. The summed E-state index contributed by atoms with van der Waals surface area (Å²) in [7, 11) is 0. The van der Waals surface area contributed by atoms with Crippen molar-refractivity contribution in [1.82, 2.24) is 0 Å². The lowest BCUT2D eigenvalue weighted by atomic mass is 10.1. The van der Waals surface area contributed by atoms with E-state index in [2.05, 4.69) is 19.6 Å². The molecular formula is C12H16ClFOS. The zero-order valence-electron chi connectivity index (χ0n) is 9.25. The third kappa shape index (κ3) is 4.22. The Balaban J connectivity index is 2.40. The van der Waals surface area contributed by atoms with Gasteiger partial charge in [0.1, 0.15) is 0 Å². The second kappa shape index (κ2) is 7.02. The summed E-state index contributed by atoms with van der Waals surface area (Å²) in [4.78, 5) is 0. The molecule has 0 aromatic heterocycles. The second-order valence-corrected chi connectivity index (χ2v) is 4.66. The average molecular weight is 263 g/mol. The van der Waals surface area contributed by atoms with Gasteiger partial charge in [0.2, 0.25) is 0 Å². The molecule has 0 bridgehead atoms. The van der Waals surface area contributed by atoms with Crippen LogP contribution < -0.4 is 4.74 Å². The van der Waals surface area contributed by atoms with Crippen LogP contribution >= 0.6 is 24.2 Å². The van der Waals surface area contributed by atoms with E-state index in [-0.39, 0.29) is 10.8 Å². The topological polar surface area (TPSA) is 9.23 Å². The molecule has 1 aromatic rings. The van der Waals surface area contributed by atoms with Crippen molar-refractivity contribution in [3.8, 4) is 5.75 Å². The van der Waals surface area contributed by atoms with Crippen LogP contribution in [-0.4, -0.2) is 12.4 Å². The normalized spacial score (nSPS) is 12.5. The van der Waals surface area contributed by atoms with Crippen molar-refractivity contribution in [2.24, 2.45) is 5.92 Å². The van der Waals surface area contributed by atoms with Gasteiger partial charge in [-0.15, -0.1) is 0 Å². The molecule has 0 N–H and O–H groups in total. The number of thiol groups is 1. The standard InChI is InChI=1S/C12H16ClFOS/c1-9(6-8-16)5-7-15-11-4-2-3-10(13)12(11)14/h2-4,9,16H,5-8H2,1H3. The molecular weight excluding hydrogens is 247 g/mol. The molecule has 90 valence electrons. The number of rotatable bonds is 6. The lowest BCUT2D eigenvalue weighted by molar-refractivity contribution is 0.270. The van der Waals surface area contributed by atoms with Crippen LogP contribution in [0.1, 0.15) is 19.8 Å². The van der Waals surface area contributed by atoms with Crippen molar-refractivity contribution in [3.05, 3.63) is 29.0 Å². The Bertz CT molecular complexity index is 333. The molecule has 0 saturated heterocycles. The van der Waals surface area contributed by atoms with Crippen LogP contribution in [-0.2, 0) is 0 Å². The summed E-state index contributed by atoms with van der Waals surface area (Å²) in [6, 6.07) is 4.77. The van der Waals surface area contributed by atoms with Crippen LogP contribution in [0.15, 0.2) is 18.2 Å². The van der Waals surface area contributed by atoms with Crippen LogP contribution in [0.5, 0.6) is 5.75 Å². The fraction of sp³-hybridized carbons (Fsp3) is 0.500. The largest absolute Gasteiger partial charge is 0.490 e. The van der Waals surface area contributed by atoms with Gasteiger partial charge in [-0.3, -0.25) is 0 Å². The Morgan fingerprint density at radius 3 is 2.88 bits per heavy atom. The molecule has 0 saturated carbocycles. The van der Waals surface area contributed by atoms with Gasteiger partial charge in [0, 0.05) is 0 Å². The molecule has 0 heterocycles. The fourth-order valence-corrected chi connectivity index (χ4v) is 1.94. The molecule has 1 aromatic carbocycles. The lowest BCUT2D eigenvalue weighted by Gasteiger charge is -2.11. The minimum absolute atomic E-state index is 0.0981. The first-order valence-electron chi connectivity index (χ1n) is 5.32. The number of halogens is 2. The van der Waals surface area contributed by atoms with E-state index < -0.39 is 5.82 Å². The molecule has 0 aliphatic carbocycles. The fourth-order valence-electron chi connectivity index (χ4n) is 1.33. The third-order valence-electron chi connectivity index (χ3n) is 2.41. The van der Waals surface area contributed by atoms with Gasteiger partial charge in [0.25, 0.3) is 0 Å². The maximum absolute atomic E-state index is 13.4. The van der Waals surface area contributed by atoms with E-state index in [9.17, 15) is 4.39 Å². The van der Waals surface area contributed by atoms with Gasteiger partial charge in [0.15, 0.2) is 11.6 Å². The Hall–Kier alpha value is -0.410. The smallest absolute Gasteiger partial charge is 0.183 e. The van der Waals surface area contributed by atoms with Crippen LogP contribution in [0.4, 0.5) is 4.39 Å². The predicted octanol–water partition coefficient (Wildman–Crippen LogP) is 4.20. The van der Waals surface area contributed by atoms with E-state index in [1.54, 1.807) is 12.1 Å². The highest BCUT2D eigenvalue weighted by Gasteiger charge is 2.07. The van der Waals surface area contributed by atoms with Gasteiger partial charge < -0.3 is 4.74 Å². The highest BCUT2D eigenvalue weighted by Crippen LogP contribution is 2.24. The van der Waals surface area contributed by atoms with Crippen molar-refractivity contribution in [3.63, 3.8) is 0 Å². The second-order valence-electron chi connectivity index (χ2n) is 3.81. The van der Waals surface area contributed by atoms with Gasteiger partial charge in [0.05, 0.1) is 11.6 Å². The first kappa shape index (κ1) is 13.7. The Kier molecular flexibility index (Phi) is 5.99. The number of hydrogen-bond acceptors (Lipinski definition) is 2. The average Bonchev–Trinajstić information content (AvgIpc) is 2.25. The van der Waals surface area contributed by atoms with Crippen molar-refractivity contribution in [2.75, 3.05) is 12.4 Å². The molecule has 16 heavy (non-hydrogen) atoms. The van der Waals surface area contributed by atoms with Crippen LogP contribution in [0, 0.1) is 11.7 Å². The molecule has 0 fully saturated rings. The zero-order valence-corrected chi connectivity index (χ0v) is 10.9. The lowest BCUT2D eigenvalue weighted by Crippen LogP contribution is -2.05. The summed E-state index contributed by atoms with van der Waals surface area (Å²) >= 11 is 9.80. The van der Waals surface area contributed by atoms with Crippen molar-refractivity contribution < 1.29 is 9.13 Å². The van der Waals surface area contributed by atoms with Crippen LogP contribution in [0.2, 0.25) is 5.02 Å². The number of benzene rings is 1. The SMILES string of the molecule is CC(CCS)CCOc1cccc(Cl)c1F. The van der Waals surface area contributed by atoms with Crippen molar-refractivity contribution in [1.29, 1.82) is 0 Å². The van der Waals surface area contributed by atoms with E-state index in [1.165, 1.54) is 6.07 Å². The molecule has 0 amide bonds. The first-order valence-corrected chi connectivity index (χ1v) is 6.34. The van der Waals surface area contributed by atoms with E-state index in [0.29, 0.717) is 12.5 Å². The molecule has 1 unspecified atom stereocenters. The molecule has 0 radical (unpaired) electrons. The Labute approximate surface area is 106 Å². The van der Waals surface area contributed by atoms with E-state index in [0.717, 1.165) is 18.6 Å². The van der Waals surface area contributed by atoms with E-state index in [1.807, 2.05) is 0 Å². The van der Waals surface area contributed by atoms with E-state index in [4.69, 9.17) is 16.3 Å². The molecule has 4 heteroatoms. The highest BCUT2D eigenvalue weighted by atomic mass is 35.5. The molecule has 1 nitrogen and oxygen atoms in total. The summed E-state index contributed by atoms with van der Waals surface area (Å²) in [6.07, 6.45) is 1.94. The maximum Gasteiger partial charge on any atom is 0.183 e. The van der Waals surface area contributed by atoms with Gasteiger partial charge in [-0.2, -0.15) is 12.6 Å². The highest BCUT2D eigenvalue weighted by molar-refractivity contribution is 7.80. The van der Waals surface area contributed by atoms with Gasteiger partial charge in [-0.25, -0.2) is 4.39 Å². The summed E-state index contributed by atoms with van der Waals surface area (Å²) in [5.74, 6) is 1.16. The first-order chi connectivity index (χ1) is 7.65. The van der Waals surface area contributed by atoms with Crippen LogP contribution in [0.3, 0.4) is 0 Å². The molecule has 1 atom stereocenters. The zero-order chi connectivity index (χ0) is 12.0. The van der Waals surface area contributed by atoms with E-state index >= 15 is 0 Å². The number of hydrogen-bond donors (Lipinski definition) is 1. The molecule has 0 aliphatic rings. The van der Waals surface area contributed by atoms with Crippen molar-refractivity contribution >= 4 is 24.2 Å². The maximum atomic E-state index is 13.4. The molecule has 1 rings (SSSR count). The van der Waals surface area contributed by atoms with Gasteiger partial charge in [-0.05, 0) is 36.6 Å². The van der Waals surface area contributed by atoms with Gasteiger partial charge >= 0.3 is 0 Å². The van der Waals surface area contributed by atoms with Crippen molar-refractivity contribution in [2.45, 2.75) is 19.8 Å². The monoisotopic (exact) mass is 262 g/mol. The summed E-state index contributed by atoms with van der Waals surface area (Å²) in [5.41, 5.74) is 0. The Morgan fingerprint density at radius 1 is 1.44 bits per heavy atom. The minimum Gasteiger partial charge on any atom is -0.490 e. The summed E-state index contributed by atoms with van der Waals surface area (Å²) in [6.45, 7) is 2.64. The number of ether oxygens (including phenoxy) is 1. The minimum atomic E-state index is -0.481. The summed E-state index contributed by atoms with van der Waals surface area (Å²) in [5, 5.41) is 0.0981. The molecule has 0 aliphatic heterocycles. The predicted molar refractivity (Wildman–Crippen MR) is 69.2 cm³/mol. The Morgan fingerprint density at radius 2 is 2.19 bits per heavy atom.